The molecule has 0 aliphatic carbocycles. The average Bonchev–Trinajstić information content (AvgIpc) is 2.30. The van der Waals surface area contributed by atoms with Crippen LogP contribution in [0.3, 0.4) is 0 Å². The molecule has 2 N–H and O–H groups in total. The lowest BCUT2D eigenvalue weighted by atomic mass is 10.1. The van der Waals surface area contributed by atoms with Crippen LogP contribution in [0, 0.1) is 11.7 Å². The molecule has 0 saturated carbocycles. The number of halogens is 1. The standard InChI is InChI=1S/C13H19FN2O/c1-9(8-15-3)13(17)16-10(2)11-4-6-12(14)7-5-11/h4-7,9-10,15H,8H2,1-3H3,(H,16,17)/t9?,10-/m0/s1. The minimum atomic E-state index is -0.268. The Morgan fingerprint density at radius 1 is 1.29 bits per heavy atom. The summed E-state index contributed by atoms with van der Waals surface area (Å²) in [6.45, 7) is 4.39. The molecule has 0 saturated heterocycles. The van der Waals surface area contributed by atoms with Gasteiger partial charge in [0.05, 0.1) is 6.04 Å². The normalized spacial score (nSPS) is 14.1. The summed E-state index contributed by atoms with van der Waals surface area (Å²) in [5.41, 5.74) is 0.899. The molecule has 0 aliphatic heterocycles. The highest BCUT2D eigenvalue weighted by Crippen LogP contribution is 2.13. The van der Waals surface area contributed by atoms with Gasteiger partial charge in [-0.3, -0.25) is 4.79 Å². The zero-order valence-electron chi connectivity index (χ0n) is 10.5. The van der Waals surface area contributed by atoms with Crippen LogP contribution in [0.2, 0.25) is 0 Å². The number of carbonyl (C=O) groups is 1. The molecule has 2 atom stereocenters. The first kappa shape index (κ1) is 13.6. The Morgan fingerprint density at radius 2 is 1.88 bits per heavy atom. The predicted molar refractivity (Wildman–Crippen MR) is 66.0 cm³/mol. The van der Waals surface area contributed by atoms with Crippen molar-refractivity contribution in [2.45, 2.75) is 19.9 Å². The Hall–Kier alpha value is -1.42. The summed E-state index contributed by atoms with van der Waals surface area (Å²) in [5.74, 6) is -0.352. The monoisotopic (exact) mass is 238 g/mol. The molecule has 1 rings (SSSR count). The van der Waals surface area contributed by atoms with Crippen molar-refractivity contribution < 1.29 is 9.18 Å². The first-order valence-electron chi connectivity index (χ1n) is 5.75. The maximum atomic E-state index is 12.7. The quantitative estimate of drug-likeness (QED) is 0.822. The number of nitrogens with one attached hydrogen (secondary N) is 2. The number of amides is 1. The van der Waals surface area contributed by atoms with Crippen molar-refractivity contribution in [2.24, 2.45) is 5.92 Å². The zero-order valence-corrected chi connectivity index (χ0v) is 10.5. The molecule has 1 amide bonds. The molecule has 0 aliphatic rings. The van der Waals surface area contributed by atoms with Gasteiger partial charge in [-0.15, -0.1) is 0 Å². The van der Waals surface area contributed by atoms with Crippen molar-refractivity contribution in [3.05, 3.63) is 35.6 Å². The SMILES string of the molecule is CNCC(C)C(=O)N[C@@H](C)c1ccc(F)cc1. The van der Waals surface area contributed by atoms with E-state index in [9.17, 15) is 9.18 Å². The zero-order chi connectivity index (χ0) is 12.8. The van der Waals surface area contributed by atoms with Crippen molar-refractivity contribution in [3.63, 3.8) is 0 Å². The summed E-state index contributed by atoms with van der Waals surface area (Å²) in [7, 11) is 1.81. The third kappa shape index (κ3) is 4.15. The van der Waals surface area contributed by atoms with E-state index in [1.807, 2.05) is 20.9 Å². The second kappa shape index (κ2) is 6.35. The van der Waals surface area contributed by atoms with Gasteiger partial charge < -0.3 is 10.6 Å². The molecule has 0 aromatic heterocycles. The third-order valence-corrected chi connectivity index (χ3v) is 2.69. The van der Waals surface area contributed by atoms with E-state index in [0.29, 0.717) is 6.54 Å². The molecule has 0 radical (unpaired) electrons. The number of benzene rings is 1. The summed E-state index contributed by atoms with van der Waals surface area (Å²) in [4.78, 5) is 11.8. The van der Waals surface area contributed by atoms with Gasteiger partial charge in [0.15, 0.2) is 0 Å². The molecular weight excluding hydrogens is 219 g/mol. The van der Waals surface area contributed by atoms with E-state index in [4.69, 9.17) is 0 Å². The van der Waals surface area contributed by atoms with Crippen molar-refractivity contribution in [2.75, 3.05) is 13.6 Å². The lowest BCUT2D eigenvalue weighted by Gasteiger charge is -2.17. The van der Waals surface area contributed by atoms with Gasteiger partial charge in [0.2, 0.25) is 5.91 Å². The molecule has 1 unspecified atom stereocenters. The molecule has 4 heteroatoms. The largest absolute Gasteiger partial charge is 0.349 e. The average molecular weight is 238 g/mol. The van der Waals surface area contributed by atoms with E-state index in [1.54, 1.807) is 12.1 Å². The van der Waals surface area contributed by atoms with Crippen molar-refractivity contribution in [1.29, 1.82) is 0 Å². The predicted octanol–water partition coefficient (Wildman–Crippen LogP) is 1.86. The van der Waals surface area contributed by atoms with Gasteiger partial charge in [0.1, 0.15) is 5.82 Å². The number of hydrogen-bond acceptors (Lipinski definition) is 2. The summed E-state index contributed by atoms with van der Waals surface area (Å²) in [6.07, 6.45) is 0. The third-order valence-electron chi connectivity index (χ3n) is 2.69. The van der Waals surface area contributed by atoms with E-state index < -0.39 is 0 Å². The van der Waals surface area contributed by atoms with Crippen molar-refractivity contribution in [3.8, 4) is 0 Å². The smallest absolute Gasteiger partial charge is 0.224 e. The molecule has 94 valence electrons. The van der Waals surface area contributed by atoms with Crippen molar-refractivity contribution >= 4 is 5.91 Å². The first-order chi connectivity index (χ1) is 8.04. The van der Waals surface area contributed by atoms with Crippen LogP contribution in [0.4, 0.5) is 4.39 Å². The van der Waals surface area contributed by atoms with Crippen LogP contribution in [-0.2, 0) is 4.79 Å². The maximum Gasteiger partial charge on any atom is 0.224 e. The lowest BCUT2D eigenvalue weighted by molar-refractivity contribution is -0.125. The molecule has 1 aromatic rings. The fraction of sp³-hybridized carbons (Fsp3) is 0.462. The topological polar surface area (TPSA) is 41.1 Å². The van der Waals surface area contributed by atoms with E-state index in [-0.39, 0.29) is 23.7 Å². The lowest BCUT2D eigenvalue weighted by Crippen LogP contribution is -2.35. The fourth-order valence-corrected chi connectivity index (χ4v) is 1.59. The molecule has 3 nitrogen and oxygen atoms in total. The summed E-state index contributed by atoms with van der Waals surface area (Å²) in [6, 6.07) is 6.05. The highest BCUT2D eigenvalue weighted by atomic mass is 19.1. The van der Waals surface area contributed by atoms with Gasteiger partial charge in [-0.2, -0.15) is 0 Å². The Balaban J connectivity index is 2.57. The van der Waals surface area contributed by atoms with E-state index in [1.165, 1.54) is 12.1 Å². The second-order valence-electron chi connectivity index (χ2n) is 4.24. The second-order valence-corrected chi connectivity index (χ2v) is 4.24. The van der Waals surface area contributed by atoms with Crippen LogP contribution in [0.1, 0.15) is 25.5 Å². The Kier molecular flexibility index (Phi) is 5.10. The fourth-order valence-electron chi connectivity index (χ4n) is 1.59. The highest BCUT2D eigenvalue weighted by Gasteiger charge is 2.15. The van der Waals surface area contributed by atoms with Crippen LogP contribution >= 0.6 is 0 Å². The van der Waals surface area contributed by atoms with Gasteiger partial charge in [0, 0.05) is 12.5 Å². The van der Waals surface area contributed by atoms with Gasteiger partial charge in [-0.1, -0.05) is 19.1 Å². The first-order valence-corrected chi connectivity index (χ1v) is 5.75. The van der Waals surface area contributed by atoms with Crippen LogP contribution < -0.4 is 10.6 Å². The molecule has 0 fully saturated rings. The number of hydrogen-bond donors (Lipinski definition) is 2. The summed E-state index contributed by atoms with van der Waals surface area (Å²) < 4.78 is 12.7. The van der Waals surface area contributed by atoms with Gasteiger partial charge in [-0.05, 0) is 31.7 Å². The summed E-state index contributed by atoms with van der Waals surface area (Å²) in [5, 5.41) is 5.86. The van der Waals surface area contributed by atoms with Gasteiger partial charge >= 0.3 is 0 Å². The van der Waals surface area contributed by atoms with Crippen LogP contribution in [0.15, 0.2) is 24.3 Å². The Labute approximate surface area is 101 Å². The molecule has 0 bridgehead atoms. The van der Waals surface area contributed by atoms with E-state index >= 15 is 0 Å². The van der Waals surface area contributed by atoms with Crippen LogP contribution in [0.25, 0.3) is 0 Å². The number of rotatable bonds is 5. The minimum absolute atomic E-state index is 0.00354. The molecular formula is C13H19FN2O. The van der Waals surface area contributed by atoms with Gasteiger partial charge in [0.25, 0.3) is 0 Å². The van der Waals surface area contributed by atoms with Crippen LogP contribution in [-0.4, -0.2) is 19.5 Å². The maximum absolute atomic E-state index is 12.7. The molecule has 0 heterocycles. The Morgan fingerprint density at radius 3 is 2.41 bits per heavy atom. The van der Waals surface area contributed by atoms with E-state index in [0.717, 1.165) is 5.56 Å². The van der Waals surface area contributed by atoms with Gasteiger partial charge in [-0.25, -0.2) is 4.39 Å². The molecule has 17 heavy (non-hydrogen) atoms. The number of carbonyl (C=O) groups excluding carboxylic acids is 1. The molecule has 0 spiro atoms. The minimum Gasteiger partial charge on any atom is -0.349 e. The van der Waals surface area contributed by atoms with Crippen LogP contribution in [0.5, 0.6) is 0 Å². The highest BCUT2D eigenvalue weighted by molar-refractivity contribution is 5.78. The van der Waals surface area contributed by atoms with Crippen molar-refractivity contribution in [1.82, 2.24) is 10.6 Å². The summed E-state index contributed by atoms with van der Waals surface area (Å²) >= 11 is 0. The Bertz CT molecular complexity index is 364. The molecule has 1 aromatic carbocycles. The van der Waals surface area contributed by atoms with E-state index in [2.05, 4.69) is 10.6 Å².